The SMILES string of the molecule is CC(C)(C)OC(=O)NC(Cc1ccc(-c2ccccc2)cc1)CC1(C(=O)OC(C)(C)C)CC1. The van der Waals surface area contributed by atoms with Crippen LogP contribution in [0.2, 0.25) is 0 Å². The van der Waals surface area contributed by atoms with Crippen molar-refractivity contribution in [1.29, 1.82) is 0 Å². The van der Waals surface area contributed by atoms with E-state index >= 15 is 0 Å². The fourth-order valence-electron chi connectivity index (χ4n) is 3.90. The molecule has 1 fully saturated rings. The Hall–Kier alpha value is -2.82. The van der Waals surface area contributed by atoms with Crippen molar-refractivity contribution in [3.8, 4) is 11.1 Å². The zero-order valence-electron chi connectivity index (χ0n) is 20.7. The normalized spacial score (nSPS) is 15.9. The van der Waals surface area contributed by atoms with Gasteiger partial charge in [-0.25, -0.2) is 4.79 Å². The van der Waals surface area contributed by atoms with E-state index in [0.29, 0.717) is 12.8 Å². The second-order valence-corrected chi connectivity index (χ2v) is 11.1. The molecule has 0 aliphatic heterocycles. The van der Waals surface area contributed by atoms with Gasteiger partial charge in [0.15, 0.2) is 0 Å². The lowest BCUT2D eigenvalue weighted by atomic mass is 9.92. The number of benzene rings is 2. The molecule has 0 radical (unpaired) electrons. The molecule has 5 heteroatoms. The van der Waals surface area contributed by atoms with Crippen LogP contribution in [0.1, 0.15) is 66.4 Å². The Balaban J connectivity index is 1.74. The van der Waals surface area contributed by atoms with E-state index in [1.165, 1.54) is 0 Å². The van der Waals surface area contributed by atoms with Gasteiger partial charge in [0.25, 0.3) is 0 Å². The minimum absolute atomic E-state index is 0.176. The van der Waals surface area contributed by atoms with Crippen molar-refractivity contribution in [2.24, 2.45) is 5.41 Å². The average Bonchev–Trinajstić information content (AvgIpc) is 3.47. The van der Waals surface area contributed by atoms with Gasteiger partial charge in [-0.05, 0) is 83.9 Å². The third-order valence-electron chi connectivity index (χ3n) is 5.59. The quantitative estimate of drug-likeness (QED) is 0.502. The molecule has 1 aliphatic carbocycles. The molecule has 2 aromatic rings. The molecule has 178 valence electrons. The minimum Gasteiger partial charge on any atom is -0.460 e. The highest BCUT2D eigenvalue weighted by Gasteiger charge is 2.53. The van der Waals surface area contributed by atoms with Crippen molar-refractivity contribution in [3.05, 3.63) is 60.2 Å². The number of nitrogens with one attached hydrogen (secondary N) is 1. The fourth-order valence-corrected chi connectivity index (χ4v) is 3.90. The van der Waals surface area contributed by atoms with Crippen LogP contribution < -0.4 is 5.32 Å². The highest BCUT2D eigenvalue weighted by Crippen LogP contribution is 2.51. The number of carbonyl (C=O) groups is 2. The number of hydrogen-bond donors (Lipinski definition) is 1. The zero-order chi connectivity index (χ0) is 24.3. The van der Waals surface area contributed by atoms with Crippen LogP contribution in [0, 0.1) is 5.41 Å². The molecule has 0 heterocycles. The molecule has 1 amide bonds. The number of amides is 1. The van der Waals surface area contributed by atoms with Crippen molar-refractivity contribution < 1.29 is 19.1 Å². The van der Waals surface area contributed by atoms with Crippen molar-refractivity contribution in [3.63, 3.8) is 0 Å². The van der Waals surface area contributed by atoms with Crippen LogP contribution in [-0.2, 0) is 20.7 Å². The molecule has 0 bridgehead atoms. The summed E-state index contributed by atoms with van der Waals surface area (Å²) in [4.78, 5) is 25.4. The van der Waals surface area contributed by atoms with Crippen molar-refractivity contribution in [2.45, 2.75) is 84.5 Å². The highest BCUT2D eigenvalue weighted by molar-refractivity contribution is 5.80. The summed E-state index contributed by atoms with van der Waals surface area (Å²) in [6.07, 6.45) is 2.23. The minimum atomic E-state index is -0.589. The lowest BCUT2D eigenvalue weighted by molar-refractivity contribution is -0.162. The number of rotatable bonds is 7. The van der Waals surface area contributed by atoms with E-state index in [1.807, 2.05) is 59.7 Å². The summed E-state index contributed by atoms with van der Waals surface area (Å²) < 4.78 is 11.2. The van der Waals surface area contributed by atoms with E-state index < -0.39 is 22.7 Å². The molecular formula is C28H37NO4. The lowest BCUT2D eigenvalue weighted by Crippen LogP contribution is -2.43. The molecule has 5 nitrogen and oxygen atoms in total. The van der Waals surface area contributed by atoms with Gasteiger partial charge < -0.3 is 14.8 Å². The predicted octanol–water partition coefficient (Wildman–Crippen LogP) is 6.30. The van der Waals surface area contributed by atoms with Gasteiger partial charge in [-0.2, -0.15) is 0 Å². The Labute approximate surface area is 197 Å². The van der Waals surface area contributed by atoms with Crippen LogP contribution in [0.3, 0.4) is 0 Å². The van der Waals surface area contributed by atoms with Gasteiger partial charge in [-0.15, -0.1) is 0 Å². The first kappa shape index (κ1) is 24.8. The summed E-state index contributed by atoms with van der Waals surface area (Å²) in [6.45, 7) is 11.2. The Morgan fingerprint density at radius 3 is 1.91 bits per heavy atom. The largest absolute Gasteiger partial charge is 0.460 e. The van der Waals surface area contributed by atoms with Crippen LogP contribution >= 0.6 is 0 Å². The maximum atomic E-state index is 12.9. The summed E-state index contributed by atoms with van der Waals surface area (Å²) in [5.74, 6) is -0.176. The highest BCUT2D eigenvalue weighted by atomic mass is 16.6. The van der Waals surface area contributed by atoms with Crippen molar-refractivity contribution in [2.75, 3.05) is 0 Å². The Morgan fingerprint density at radius 2 is 1.39 bits per heavy atom. The predicted molar refractivity (Wildman–Crippen MR) is 131 cm³/mol. The van der Waals surface area contributed by atoms with Gasteiger partial charge in [0, 0.05) is 6.04 Å². The topological polar surface area (TPSA) is 64.6 Å². The first-order chi connectivity index (χ1) is 15.4. The Bertz CT molecular complexity index is 948. The first-order valence-corrected chi connectivity index (χ1v) is 11.7. The van der Waals surface area contributed by atoms with Gasteiger partial charge in [0.05, 0.1) is 5.41 Å². The van der Waals surface area contributed by atoms with E-state index in [4.69, 9.17) is 9.47 Å². The van der Waals surface area contributed by atoms with Crippen LogP contribution in [0.15, 0.2) is 54.6 Å². The Kier molecular flexibility index (Phi) is 7.20. The summed E-state index contributed by atoms with van der Waals surface area (Å²) >= 11 is 0. The number of esters is 1. The maximum absolute atomic E-state index is 12.9. The number of carbonyl (C=O) groups excluding carboxylic acids is 2. The summed E-state index contributed by atoms with van der Waals surface area (Å²) in [6, 6.07) is 18.3. The van der Waals surface area contributed by atoms with Gasteiger partial charge >= 0.3 is 12.1 Å². The summed E-state index contributed by atoms with van der Waals surface area (Å²) in [5.41, 5.74) is 1.74. The van der Waals surface area contributed by atoms with E-state index in [0.717, 1.165) is 29.5 Å². The van der Waals surface area contributed by atoms with E-state index in [1.54, 1.807) is 0 Å². The first-order valence-electron chi connectivity index (χ1n) is 11.7. The lowest BCUT2D eigenvalue weighted by Gasteiger charge is -2.28. The molecule has 2 aromatic carbocycles. The summed E-state index contributed by atoms with van der Waals surface area (Å²) in [5, 5.41) is 3.01. The van der Waals surface area contributed by atoms with E-state index in [9.17, 15) is 9.59 Å². The monoisotopic (exact) mass is 451 g/mol. The smallest absolute Gasteiger partial charge is 0.407 e. The molecule has 1 N–H and O–H groups in total. The molecule has 1 unspecified atom stereocenters. The number of ether oxygens (including phenoxy) is 2. The molecule has 3 rings (SSSR count). The van der Waals surface area contributed by atoms with Gasteiger partial charge in [0.2, 0.25) is 0 Å². The molecule has 0 spiro atoms. The van der Waals surface area contributed by atoms with Gasteiger partial charge in [-0.3, -0.25) is 4.79 Å². The Morgan fingerprint density at radius 1 is 0.848 bits per heavy atom. The molecule has 33 heavy (non-hydrogen) atoms. The van der Waals surface area contributed by atoms with Crippen LogP contribution in [0.25, 0.3) is 11.1 Å². The number of hydrogen-bond acceptors (Lipinski definition) is 4. The third kappa shape index (κ3) is 7.62. The summed E-state index contributed by atoms with van der Waals surface area (Å²) in [7, 11) is 0. The van der Waals surface area contributed by atoms with Gasteiger partial charge in [0.1, 0.15) is 11.2 Å². The fraction of sp³-hybridized carbons (Fsp3) is 0.500. The second-order valence-electron chi connectivity index (χ2n) is 11.1. The average molecular weight is 452 g/mol. The van der Waals surface area contributed by atoms with Crippen LogP contribution in [-0.4, -0.2) is 29.3 Å². The molecular weight excluding hydrogens is 414 g/mol. The number of alkyl carbamates (subject to hydrolysis) is 1. The van der Waals surface area contributed by atoms with Crippen LogP contribution in [0.5, 0.6) is 0 Å². The molecule has 0 aromatic heterocycles. The van der Waals surface area contributed by atoms with Crippen LogP contribution in [0.4, 0.5) is 4.79 Å². The van der Waals surface area contributed by atoms with Crippen molar-refractivity contribution >= 4 is 12.1 Å². The van der Waals surface area contributed by atoms with E-state index in [2.05, 4.69) is 41.7 Å². The van der Waals surface area contributed by atoms with E-state index in [-0.39, 0.29) is 12.0 Å². The zero-order valence-corrected chi connectivity index (χ0v) is 20.7. The molecule has 1 aliphatic rings. The van der Waals surface area contributed by atoms with Crippen molar-refractivity contribution in [1.82, 2.24) is 5.32 Å². The maximum Gasteiger partial charge on any atom is 0.407 e. The van der Waals surface area contributed by atoms with Gasteiger partial charge in [-0.1, -0.05) is 54.6 Å². The molecule has 1 saturated carbocycles. The standard InChI is InChI=1S/C28H37NO4/c1-26(2,3)32-24(30)28(16-17-28)19-23(29-25(31)33-27(4,5)6)18-20-12-14-22(15-13-20)21-10-8-7-9-11-21/h7-15,23H,16-19H2,1-6H3,(H,29,31). The second kappa shape index (κ2) is 9.58. The molecule has 1 atom stereocenters. The molecule has 0 saturated heterocycles. The third-order valence-corrected chi connectivity index (χ3v) is 5.59.